The molecule has 0 saturated heterocycles. The van der Waals surface area contributed by atoms with Crippen molar-refractivity contribution >= 4 is 36.1 Å². The van der Waals surface area contributed by atoms with Crippen molar-refractivity contribution in [3.63, 3.8) is 0 Å². The number of ketones is 1. The summed E-state index contributed by atoms with van der Waals surface area (Å²) in [5.41, 5.74) is -2.62. The molecule has 10 nitrogen and oxygen atoms in total. The van der Waals surface area contributed by atoms with E-state index in [0.717, 1.165) is 7.14 Å². The van der Waals surface area contributed by atoms with Crippen LogP contribution in [0.4, 0.5) is 0 Å². The second-order valence-electron chi connectivity index (χ2n) is 11.4. The first-order valence-corrected chi connectivity index (χ1v) is 19.6. The van der Waals surface area contributed by atoms with E-state index < -0.39 is 52.5 Å². The molecule has 2 aliphatic carbocycles. The molecule has 0 amide bonds. The molecule has 0 heterocycles. The third-order valence-corrected chi connectivity index (χ3v) is 16.3. The van der Waals surface area contributed by atoms with Gasteiger partial charge >= 0.3 is 281 Å². The number of halogens is 1. The number of Topliss-reactive ketones (excluding diaryl/α,β-unsaturated/α-hetero) is 1. The molecule has 2 aromatic rings. The summed E-state index contributed by atoms with van der Waals surface area (Å²) in [5, 5.41) is 0. The van der Waals surface area contributed by atoms with Crippen molar-refractivity contribution in [1.29, 1.82) is 0 Å². The van der Waals surface area contributed by atoms with Gasteiger partial charge in [-0.2, -0.15) is 0 Å². The Bertz CT molecular complexity index is 1400. The molecule has 0 radical (unpaired) electrons. The summed E-state index contributed by atoms with van der Waals surface area (Å²) >= 11 is -3.07. The van der Waals surface area contributed by atoms with E-state index in [9.17, 15) is 13.2 Å². The van der Waals surface area contributed by atoms with Crippen molar-refractivity contribution < 1.29 is 44.1 Å². The van der Waals surface area contributed by atoms with Gasteiger partial charge in [-0.05, 0) is 0 Å². The SMILES string of the molecule is C=COCCOc1ccc(I(OS(=O)(=O)CC23CCC(OCCOC=C)(CC2=O)C3(C)C)c2ccc(OCCOC=C)cc2)cc1. The number of hydrogen-bond acceptors (Lipinski definition) is 10. The van der Waals surface area contributed by atoms with Crippen LogP contribution in [0.1, 0.15) is 33.1 Å². The number of hydrogen-bond donors (Lipinski definition) is 0. The molecule has 12 heteroatoms. The van der Waals surface area contributed by atoms with E-state index in [-0.39, 0.29) is 18.8 Å². The van der Waals surface area contributed by atoms with Gasteiger partial charge in [0.05, 0.1) is 0 Å². The summed E-state index contributed by atoms with van der Waals surface area (Å²) in [7, 11) is -4.18. The molecule has 0 aromatic heterocycles. The first kappa shape index (κ1) is 35.8. The molecule has 2 unspecified atom stereocenters. The Morgan fingerprint density at radius 3 is 1.67 bits per heavy atom. The zero-order valence-electron chi connectivity index (χ0n) is 26.4. The Kier molecular flexibility index (Phi) is 12.2. The van der Waals surface area contributed by atoms with Gasteiger partial charge in [-0.1, -0.05) is 0 Å². The number of benzene rings is 2. The van der Waals surface area contributed by atoms with Crippen LogP contribution < -0.4 is 9.47 Å². The minimum atomic E-state index is -4.18. The molecular weight excluding hydrogens is 727 g/mol. The topological polar surface area (TPSA) is 116 Å². The Morgan fingerprint density at radius 1 is 0.739 bits per heavy atom. The molecule has 0 spiro atoms. The normalized spacial score (nSPS) is 21.7. The van der Waals surface area contributed by atoms with Gasteiger partial charge in [-0.15, -0.1) is 0 Å². The van der Waals surface area contributed by atoms with Crippen LogP contribution in [0.15, 0.2) is 87.1 Å². The number of carbonyl (C=O) groups is 1. The van der Waals surface area contributed by atoms with E-state index >= 15 is 0 Å². The van der Waals surface area contributed by atoms with Gasteiger partial charge in [0, 0.05) is 0 Å². The van der Waals surface area contributed by atoms with Crippen LogP contribution in [-0.4, -0.2) is 65.2 Å². The first-order valence-electron chi connectivity index (χ1n) is 15.0. The average Bonchev–Trinajstić information content (AvgIpc) is 3.33. The molecule has 2 fully saturated rings. The summed E-state index contributed by atoms with van der Waals surface area (Å²) in [6.45, 7) is 16.4. The molecule has 46 heavy (non-hydrogen) atoms. The molecule has 2 saturated carbocycles. The zero-order chi connectivity index (χ0) is 33.3. The maximum atomic E-state index is 14.0. The molecule has 0 N–H and O–H groups in total. The monoisotopic (exact) mass is 770 g/mol. The van der Waals surface area contributed by atoms with E-state index in [1.165, 1.54) is 18.8 Å². The van der Waals surface area contributed by atoms with E-state index in [1.807, 2.05) is 38.1 Å². The molecule has 2 bridgehead atoms. The summed E-state index contributed by atoms with van der Waals surface area (Å²) in [6.07, 6.45) is 5.19. The molecule has 2 aliphatic rings. The average molecular weight is 771 g/mol. The van der Waals surface area contributed by atoms with Gasteiger partial charge in [0.1, 0.15) is 0 Å². The van der Waals surface area contributed by atoms with Gasteiger partial charge in [-0.3, -0.25) is 0 Å². The van der Waals surface area contributed by atoms with Crippen molar-refractivity contribution in [3.8, 4) is 11.5 Å². The standard InChI is InChI=1S/C34H43IO10S/c1-6-39-19-22-42-29-13-9-27(10-14-29)35(28-11-15-30(16-12-28)43-23-20-40-7-2)45-46(37,38)26-33-17-18-34(25-31(33)36,32(33,4)5)44-24-21-41-8-3/h6-16H,1-3,17-26H2,4-5H3. The second kappa shape index (κ2) is 15.7. The predicted molar refractivity (Wildman–Crippen MR) is 182 cm³/mol. The summed E-state index contributed by atoms with van der Waals surface area (Å²) in [4.78, 5) is 13.6. The summed E-state index contributed by atoms with van der Waals surface area (Å²) < 4.78 is 68.8. The van der Waals surface area contributed by atoms with Crippen LogP contribution in [0.25, 0.3) is 0 Å². The Morgan fingerprint density at radius 2 is 1.22 bits per heavy atom. The Hall–Kier alpha value is -3.07. The maximum absolute atomic E-state index is 14.0. The Labute approximate surface area is 279 Å². The Balaban J connectivity index is 1.57. The summed E-state index contributed by atoms with van der Waals surface area (Å²) in [6, 6.07) is 14.4. The minimum absolute atomic E-state index is 0.107. The third-order valence-electron chi connectivity index (χ3n) is 8.75. The molecule has 0 aliphatic heterocycles. The van der Waals surface area contributed by atoms with Crippen LogP contribution in [-0.2, 0) is 36.4 Å². The number of ether oxygens (including phenoxy) is 6. The van der Waals surface area contributed by atoms with E-state index in [4.69, 9.17) is 30.9 Å². The van der Waals surface area contributed by atoms with Crippen LogP contribution in [0.2, 0.25) is 0 Å². The first-order chi connectivity index (χ1) is 22.0. The van der Waals surface area contributed by atoms with Crippen molar-refractivity contribution in [2.45, 2.75) is 38.7 Å². The zero-order valence-corrected chi connectivity index (χ0v) is 29.4. The molecule has 2 atom stereocenters. The van der Waals surface area contributed by atoms with E-state index in [0.29, 0.717) is 57.4 Å². The quantitative estimate of drug-likeness (QED) is 0.0818. The van der Waals surface area contributed by atoms with Gasteiger partial charge in [0.25, 0.3) is 0 Å². The van der Waals surface area contributed by atoms with Crippen LogP contribution in [0.3, 0.4) is 0 Å². The van der Waals surface area contributed by atoms with Crippen LogP contribution in [0.5, 0.6) is 11.5 Å². The van der Waals surface area contributed by atoms with Crippen LogP contribution in [0, 0.1) is 18.0 Å². The van der Waals surface area contributed by atoms with E-state index in [1.54, 1.807) is 24.3 Å². The fourth-order valence-electron chi connectivity index (χ4n) is 6.20. The van der Waals surface area contributed by atoms with Gasteiger partial charge in [-0.25, -0.2) is 0 Å². The van der Waals surface area contributed by atoms with Gasteiger partial charge in [0.2, 0.25) is 0 Å². The van der Waals surface area contributed by atoms with Gasteiger partial charge < -0.3 is 0 Å². The molecular formula is C34H43IO10S. The van der Waals surface area contributed by atoms with Crippen molar-refractivity contribution in [3.05, 3.63) is 94.2 Å². The fourth-order valence-corrected chi connectivity index (χ4v) is 13.9. The number of rotatable bonds is 21. The van der Waals surface area contributed by atoms with Crippen LogP contribution >= 0.6 is 20.2 Å². The number of fused-ring (bicyclic) bond motifs is 2. The van der Waals surface area contributed by atoms with Gasteiger partial charge in [0.15, 0.2) is 0 Å². The third kappa shape index (κ3) is 7.89. The fraction of sp³-hybridized carbons (Fsp3) is 0.441. The predicted octanol–water partition coefficient (Wildman–Crippen LogP) is 6.27. The summed E-state index contributed by atoms with van der Waals surface area (Å²) in [5.74, 6) is 0.699. The number of carbonyl (C=O) groups excluding carboxylic acids is 1. The van der Waals surface area contributed by atoms with Crippen molar-refractivity contribution in [1.82, 2.24) is 0 Å². The van der Waals surface area contributed by atoms with Crippen molar-refractivity contribution in [2.75, 3.05) is 45.4 Å². The molecule has 252 valence electrons. The molecule has 4 rings (SSSR count). The van der Waals surface area contributed by atoms with E-state index in [2.05, 4.69) is 19.7 Å². The molecule has 2 aromatic carbocycles. The second-order valence-corrected chi connectivity index (χ2v) is 17.9. The van der Waals surface area contributed by atoms with Crippen molar-refractivity contribution in [2.24, 2.45) is 10.8 Å².